The largest absolute Gasteiger partial charge is 0.481 e. The van der Waals surface area contributed by atoms with E-state index >= 15 is 0 Å². The molecule has 3 nitrogen and oxygen atoms in total. The maximum atomic E-state index is 11.1. The summed E-state index contributed by atoms with van der Waals surface area (Å²) in [5.41, 5.74) is 7.48. The molecule has 0 fully saturated rings. The molecule has 1 atom stereocenters. The summed E-state index contributed by atoms with van der Waals surface area (Å²) in [6.45, 7) is 4.62. The van der Waals surface area contributed by atoms with Crippen molar-refractivity contribution in [2.75, 3.05) is 6.54 Å². The van der Waals surface area contributed by atoms with Gasteiger partial charge in [0, 0.05) is 0 Å². The number of benzene rings is 1. The molecular weight excluding hydrogens is 202 g/mol. The van der Waals surface area contributed by atoms with Crippen LogP contribution in [0.2, 0.25) is 0 Å². The molecule has 1 aromatic carbocycles. The lowest BCUT2D eigenvalue weighted by molar-refractivity contribution is -0.138. The fourth-order valence-corrected chi connectivity index (χ4v) is 1.71. The fourth-order valence-electron chi connectivity index (χ4n) is 1.71. The number of aliphatic carboxylic acids is 1. The monoisotopic (exact) mass is 221 g/mol. The zero-order valence-corrected chi connectivity index (χ0v) is 9.81. The van der Waals surface area contributed by atoms with Crippen LogP contribution in [-0.4, -0.2) is 17.6 Å². The van der Waals surface area contributed by atoms with Crippen LogP contribution in [0, 0.1) is 0 Å². The zero-order valence-electron chi connectivity index (χ0n) is 9.81. The van der Waals surface area contributed by atoms with Gasteiger partial charge in [-0.25, -0.2) is 0 Å². The van der Waals surface area contributed by atoms with Gasteiger partial charge in [-0.2, -0.15) is 0 Å². The summed E-state index contributed by atoms with van der Waals surface area (Å²) in [6.07, 6.45) is 0.482. The van der Waals surface area contributed by atoms with Crippen molar-refractivity contribution in [3.05, 3.63) is 35.4 Å². The van der Waals surface area contributed by atoms with E-state index in [0.29, 0.717) is 18.9 Å². The SMILES string of the molecule is CC(C)c1ccc(C(CCN)C(=O)O)cc1. The summed E-state index contributed by atoms with van der Waals surface area (Å²) in [4.78, 5) is 11.1. The molecule has 0 saturated carbocycles. The number of carboxylic acid groups (broad SMARTS) is 1. The number of hydrogen-bond donors (Lipinski definition) is 2. The summed E-state index contributed by atoms with van der Waals surface area (Å²) in [5, 5.41) is 9.08. The molecule has 0 radical (unpaired) electrons. The van der Waals surface area contributed by atoms with Crippen LogP contribution in [0.5, 0.6) is 0 Å². The number of rotatable bonds is 5. The van der Waals surface area contributed by atoms with E-state index in [1.165, 1.54) is 5.56 Å². The first-order chi connectivity index (χ1) is 7.56. The van der Waals surface area contributed by atoms with E-state index in [4.69, 9.17) is 10.8 Å². The van der Waals surface area contributed by atoms with E-state index in [-0.39, 0.29) is 0 Å². The molecule has 0 saturated heterocycles. The Hall–Kier alpha value is -1.35. The molecular formula is C13H19NO2. The fraction of sp³-hybridized carbons (Fsp3) is 0.462. The Kier molecular flexibility index (Phi) is 4.50. The zero-order chi connectivity index (χ0) is 12.1. The van der Waals surface area contributed by atoms with Crippen LogP contribution >= 0.6 is 0 Å². The maximum absolute atomic E-state index is 11.1. The number of carbonyl (C=O) groups is 1. The van der Waals surface area contributed by atoms with E-state index in [0.717, 1.165) is 5.56 Å². The first-order valence-corrected chi connectivity index (χ1v) is 5.59. The lowest BCUT2D eigenvalue weighted by atomic mass is 9.93. The van der Waals surface area contributed by atoms with Gasteiger partial charge in [-0.1, -0.05) is 38.1 Å². The molecule has 1 rings (SSSR count). The maximum Gasteiger partial charge on any atom is 0.311 e. The van der Waals surface area contributed by atoms with Crippen LogP contribution in [0.3, 0.4) is 0 Å². The molecule has 1 aromatic rings. The Morgan fingerprint density at radius 3 is 2.12 bits per heavy atom. The Bertz CT molecular complexity index is 343. The summed E-state index contributed by atoms with van der Waals surface area (Å²) in [5.74, 6) is -0.819. The standard InChI is InChI=1S/C13H19NO2/c1-9(2)10-3-5-11(6-4-10)12(7-8-14)13(15)16/h3-6,9,12H,7-8,14H2,1-2H3,(H,15,16). The lowest BCUT2D eigenvalue weighted by Gasteiger charge is -2.13. The Morgan fingerprint density at radius 1 is 1.25 bits per heavy atom. The van der Waals surface area contributed by atoms with Crippen LogP contribution in [0.1, 0.15) is 43.2 Å². The molecule has 0 spiro atoms. The van der Waals surface area contributed by atoms with Crippen molar-refractivity contribution >= 4 is 5.97 Å². The minimum atomic E-state index is -0.803. The highest BCUT2D eigenvalue weighted by Gasteiger charge is 2.18. The van der Waals surface area contributed by atoms with Gasteiger partial charge < -0.3 is 10.8 Å². The quantitative estimate of drug-likeness (QED) is 0.802. The van der Waals surface area contributed by atoms with E-state index in [1.54, 1.807) is 0 Å². The molecule has 0 aromatic heterocycles. The molecule has 0 aliphatic heterocycles. The highest BCUT2D eigenvalue weighted by Crippen LogP contribution is 2.22. The van der Waals surface area contributed by atoms with Crippen LogP contribution in [0.25, 0.3) is 0 Å². The molecule has 0 bridgehead atoms. The minimum absolute atomic E-state index is 0.392. The highest BCUT2D eigenvalue weighted by molar-refractivity contribution is 5.76. The molecule has 0 aliphatic carbocycles. The Morgan fingerprint density at radius 2 is 1.75 bits per heavy atom. The van der Waals surface area contributed by atoms with Gasteiger partial charge in [-0.3, -0.25) is 4.79 Å². The topological polar surface area (TPSA) is 63.3 Å². The van der Waals surface area contributed by atoms with Gasteiger partial charge in [-0.05, 0) is 30.0 Å². The van der Waals surface area contributed by atoms with Gasteiger partial charge in [0.1, 0.15) is 0 Å². The number of nitrogens with two attached hydrogens (primary N) is 1. The van der Waals surface area contributed by atoms with E-state index in [1.807, 2.05) is 24.3 Å². The minimum Gasteiger partial charge on any atom is -0.481 e. The Balaban J connectivity index is 2.89. The van der Waals surface area contributed by atoms with Gasteiger partial charge in [-0.15, -0.1) is 0 Å². The van der Waals surface area contributed by atoms with Crippen LogP contribution in [0.15, 0.2) is 24.3 Å². The van der Waals surface area contributed by atoms with Crippen molar-refractivity contribution < 1.29 is 9.90 Å². The predicted molar refractivity (Wildman–Crippen MR) is 64.6 cm³/mol. The van der Waals surface area contributed by atoms with Crippen molar-refractivity contribution in [2.45, 2.75) is 32.1 Å². The average Bonchev–Trinajstić information content (AvgIpc) is 2.25. The van der Waals surface area contributed by atoms with Crippen LogP contribution < -0.4 is 5.73 Å². The molecule has 88 valence electrons. The normalized spacial score (nSPS) is 12.8. The number of hydrogen-bond acceptors (Lipinski definition) is 2. The first kappa shape index (κ1) is 12.7. The van der Waals surface area contributed by atoms with Gasteiger partial charge in [0.2, 0.25) is 0 Å². The van der Waals surface area contributed by atoms with E-state index < -0.39 is 11.9 Å². The number of carboxylic acids is 1. The molecule has 1 unspecified atom stereocenters. The summed E-state index contributed by atoms with van der Waals surface area (Å²) in [6, 6.07) is 7.77. The molecule has 0 amide bonds. The second-order valence-corrected chi connectivity index (χ2v) is 4.29. The van der Waals surface area contributed by atoms with Gasteiger partial charge in [0.25, 0.3) is 0 Å². The Labute approximate surface area is 96.3 Å². The highest BCUT2D eigenvalue weighted by atomic mass is 16.4. The smallest absolute Gasteiger partial charge is 0.311 e. The molecule has 0 aliphatic rings. The van der Waals surface area contributed by atoms with Crippen molar-refractivity contribution in [1.29, 1.82) is 0 Å². The molecule has 3 N–H and O–H groups in total. The predicted octanol–water partition coefficient (Wildman–Crippen LogP) is 2.33. The van der Waals surface area contributed by atoms with Gasteiger partial charge in [0.15, 0.2) is 0 Å². The van der Waals surface area contributed by atoms with Crippen molar-refractivity contribution in [2.24, 2.45) is 5.73 Å². The second kappa shape index (κ2) is 5.66. The van der Waals surface area contributed by atoms with Crippen LogP contribution in [-0.2, 0) is 4.79 Å². The van der Waals surface area contributed by atoms with Crippen LogP contribution in [0.4, 0.5) is 0 Å². The third-order valence-corrected chi connectivity index (χ3v) is 2.76. The third kappa shape index (κ3) is 3.07. The lowest BCUT2D eigenvalue weighted by Crippen LogP contribution is -2.16. The summed E-state index contributed by atoms with van der Waals surface area (Å²) in [7, 11) is 0. The van der Waals surface area contributed by atoms with E-state index in [9.17, 15) is 4.79 Å². The van der Waals surface area contributed by atoms with Gasteiger partial charge >= 0.3 is 5.97 Å². The van der Waals surface area contributed by atoms with E-state index in [2.05, 4.69) is 13.8 Å². The molecule has 3 heteroatoms. The average molecular weight is 221 g/mol. The second-order valence-electron chi connectivity index (χ2n) is 4.29. The summed E-state index contributed by atoms with van der Waals surface area (Å²) >= 11 is 0. The van der Waals surface area contributed by atoms with Crippen molar-refractivity contribution in [3.63, 3.8) is 0 Å². The van der Waals surface area contributed by atoms with Gasteiger partial charge in [0.05, 0.1) is 5.92 Å². The van der Waals surface area contributed by atoms with Crippen molar-refractivity contribution in [1.82, 2.24) is 0 Å². The van der Waals surface area contributed by atoms with Crippen molar-refractivity contribution in [3.8, 4) is 0 Å². The first-order valence-electron chi connectivity index (χ1n) is 5.59. The molecule has 16 heavy (non-hydrogen) atoms. The third-order valence-electron chi connectivity index (χ3n) is 2.76. The summed E-state index contributed by atoms with van der Waals surface area (Å²) < 4.78 is 0. The molecule has 0 heterocycles.